The highest BCUT2D eigenvalue weighted by Crippen LogP contribution is 2.28. The molecule has 29 nitrogen and oxygen atoms in total. The maximum Gasteiger partial charge on any atom is 0.337 e. The van der Waals surface area contributed by atoms with E-state index in [4.69, 9.17) is 21.9 Å². The molecule has 6 rings (SSSR count). The van der Waals surface area contributed by atoms with Gasteiger partial charge >= 0.3 is 11.9 Å². The molecule has 90 heavy (non-hydrogen) atoms. The van der Waals surface area contributed by atoms with Crippen LogP contribution in [0.1, 0.15) is 104 Å². The number of likely N-dealkylation sites (tertiary alicyclic amines) is 1. The lowest BCUT2D eigenvalue weighted by Gasteiger charge is -2.37. The number of amides is 9. The second-order valence-electron chi connectivity index (χ2n) is 23.8. The van der Waals surface area contributed by atoms with Crippen molar-refractivity contribution >= 4 is 94.3 Å². The molecule has 11 atom stereocenters. The first-order valence-corrected chi connectivity index (χ1v) is 30.4. The molecule has 16 N–H and O–H groups in total. The molecule has 2 aromatic carbocycles. The first kappa shape index (κ1) is 70.1. The molecule has 3 aromatic rings. The normalized spacial score (nSPS) is 20.0. The van der Waals surface area contributed by atoms with Gasteiger partial charge in [-0.05, 0) is 93.2 Å². The molecule has 0 radical (unpaired) electrons. The molecule has 3 aliphatic heterocycles. The lowest BCUT2D eigenvalue weighted by molar-refractivity contribution is -0.851. The van der Waals surface area contributed by atoms with Crippen LogP contribution in [0.5, 0.6) is 5.75 Å². The molecule has 488 valence electrons. The van der Waals surface area contributed by atoms with Gasteiger partial charge in [-0.15, -0.1) is 0 Å². The summed E-state index contributed by atoms with van der Waals surface area (Å²) in [5, 5.41) is 33.7. The van der Waals surface area contributed by atoms with Gasteiger partial charge in [-0.3, -0.25) is 57.9 Å². The van der Waals surface area contributed by atoms with E-state index >= 15 is 0 Å². The number of primary amides is 1. The number of aromatic nitrogens is 1. The van der Waals surface area contributed by atoms with Gasteiger partial charge in [-0.2, -0.15) is 0 Å². The van der Waals surface area contributed by atoms with Crippen LogP contribution in [0, 0.1) is 11.8 Å². The van der Waals surface area contributed by atoms with E-state index < -0.39 is 136 Å². The summed E-state index contributed by atoms with van der Waals surface area (Å²) in [6.07, 6.45) is 5.48. The highest BCUT2D eigenvalue weighted by molar-refractivity contribution is 6.07. The molecule has 29 heteroatoms. The summed E-state index contributed by atoms with van der Waals surface area (Å²) in [6.45, 7) is 9.65. The number of rotatable bonds is 33. The number of nitrogens with two attached hydrogens (primary N) is 3. The summed E-state index contributed by atoms with van der Waals surface area (Å²) in [5.74, 6) is -8.93. The maximum atomic E-state index is 14.8. The zero-order valence-electron chi connectivity index (χ0n) is 51.8. The van der Waals surface area contributed by atoms with Crippen molar-refractivity contribution in [1.82, 2.24) is 47.5 Å². The Morgan fingerprint density at radius 1 is 0.744 bits per heavy atom. The minimum Gasteiger partial charge on any atom is -0.427 e. The van der Waals surface area contributed by atoms with E-state index in [2.05, 4.69) is 62.5 Å². The number of guanidine groups is 1. The Hall–Kier alpha value is -8.96. The fraction of sp³-hybridized carbons (Fsp3) is 0.541. The number of carbonyl (C=O) groups is 11. The molecule has 3 aliphatic rings. The van der Waals surface area contributed by atoms with Gasteiger partial charge in [0, 0.05) is 56.0 Å². The van der Waals surface area contributed by atoms with E-state index in [1.807, 2.05) is 18.2 Å². The Morgan fingerprint density at radius 2 is 1.32 bits per heavy atom. The molecule has 2 fully saturated rings. The molecule has 0 aliphatic carbocycles. The van der Waals surface area contributed by atoms with Crippen LogP contribution in [0.25, 0.3) is 10.9 Å². The van der Waals surface area contributed by atoms with Crippen LogP contribution >= 0.6 is 0 Å². The SMILES string of the molecule is CC[N@+]1(C(=O)[C@H](CCCN=C(N)N)NC(=O)[C@H](CC(C)C)NC(=O)[C@@H](CC(C)C)NC(=O)[C@H](Cc2ccc(OC(C)=O)cc2)NC(=O)[C@H](CO)NC(=O)[C@H](Cc2c[nH]c3ccccc23)NC(=O)[C@H](CC2C=NC=N2)NC(=O)[C@@H]2CCCN2)CCC(=O)[C@H]1C(N)=O. The number of hydrogen-bond donors (Lipinski definition) is 13. The van der Waals surface area contributed by atoms with E-state index in [-0.39, 0.29) is 94.5 Å². The summed E-state index contributed by atoms with van der Waals surface area (Å²) >= 11 is 0. The molecule has 2 saturated heterocycles. The van der Waals surface area contributed by atoms with Crippen molar-refractivity contribution in [1.29, 1.82) is 0 Å². The van der Waals surface area contributed by atoms with Crippen molar-refractivity contribution in [2.24, 2.45) is 44.0 Å². The second kappa shape index (κ2) is 33.0. The van der Waals surface area contributed by atoms with E-state index in [0.717, 1.165) is 17.3 Å². The number of aliphatic imine (C=N–C) groups is 3. The van der Waals surface area contributed by atoms with Crippen LogP contribution in [0.4, 0.5) is 0 Å². The number of nitrogens with zero attached hydrogens (tertiary/aromatic N) is 4. The van der Waals surface area contributed by atoms with Gasteiger partial charge in [0.25, 0.3) is 5.91 Å². The van der Waals surface area contributed by atoms with E-state index in [1.165, 1.54) is 43.7 Å². The van der Waals surface area contributed by atoms with Crippen LogP contribution in [0.2, 0.25) is 0 Å². The summed E-state index contributed by atoms with van der Waals surface area (Å²) in [4.78, 5) is 169. The molecular weight excluding hydrogens is 1160 g/mol. The van der Waals surface area contributed by atoms with Crippen molar-refractivity contribution < 1.29 is 67.1 Å². The van der Waals surface area contributed by atoms with Crippen molar-refractivity contribution in [3.8, 4) is 5.75 Å². The molecule has 0 spiro atoms. The Balaban J connectivity index is 1.26. The number of hydrogen-bond acceptors (Lipinski definition) is 17. The van der Waals surface area contributed by atoms with Crippen molar-refractivity contribution in [3.63, 3.8) is 0 Å². The number of carbonyl (C=O) groups excluding carboxylic acids is 11. The average molecular weight is 1250 g/mol. The topological polar surface area (TPSA) is 444 Å². The number of Topliss-reactive ketones (excluding diaryl/α,β-unsaturated/α-hetero) is 1. The molecule has 0 saturated carbocycles. The van der Waals surface area contributed by atoms with Crippen LogP contribution < -0.4 is 64.5 Å². The third kappa shape index (κ3) is 19.5. The number of ketones is 1. The number of likely N-dealkylation sites (N-methyl/N-ethyl adjacent to an activating group) is 1. The maximum absolute atomic E-state index is 14.8. The highest BCUT2D eigenvalue weighted by atomic mass is 16.5. The highest BCUT2D eigenvalue weighted by Gasteiger charge is 2.57. The predicted molar refractivity (Wildman–Crippen MR) is 333 cm³/mol. The first-order valence-electron chi connectivity index (χ1n) is 30.4. The first-order chi connectivity index (χ1) is 42.8. The number of fused-ring (bicyclic) bond motifs is 1. The Labute approximate surface area is 521 Å². The third-order valence-corrected chi connectivity index (χ3v) is 15.9. The molecule has 1 unspecified atom stereocenters. The lowest BCUT2D eigenvalue weighted by atomic mass is 9.98. The third-order valence-electron chi connectivity index (χ3n) is 15.9. The smallest absolute Gasteiger partial charge is 0.337 e. The number of esters is 1. The molecule has 0 bridgehead atoms. The largest absolute Gasteiger partial charge is 0.427 e. The minimum atomic E-state index is -1.76. The number of benzene rings is 2. The zero-order valence-corrected chi connectivity index (χ0v) is 51.8. The Bertz CT molecular complexity index is 3160. The second-order valence-corrected chi connectivity index (χ2v) is 23.8. The van der Waals surface area contributed by atoms with Crippen LogP contribution in [-0.4, -0.2) is 191 Å². The van der Waals surface area contributed by atoms with Crippen molar-refractivity contribution in [3.05, 3.63) is 65.9 Å². The van der Waals surface area contributed by atoms with Gasteiger partial charge in [0.15, 0.2) is 5.96 Å². The quantitative estimate of drug-likeness (QED) is 0.00610. The standard InChI is InChI=1S/C61H86N16O13/c1-7-77(23-20-50(80)51(77)52(62)81)60(89)43(15-11-22-67-61(63)64)70-54(83)44(24-33(2)3)71-55(84)45(25-34(4)5)72-56(85)46(26-36-16-18-39(19-17-36)90-35(6)79)73-59(88)49(31-78)76-57(86)47(27-37-29-68-41-13-9-8-12-40(37)41)74-58(87)48(28-38-30-65-32-69-38)75-53(82)42-14-10-21-66-42/h8-9,12-13,16-19,29-30,32-34,38,42-49,51,66,68,78H,7,10-11,14-15,20-28,31H2,1-6H3,(H12-,62,63,64,67,70,71,72,73,74,75,76,81,82,83,84,85,86,87,88)/p+1/t38?,42-,43-,44-,45+,46-,47-,48-,49-,51-,77-/m0/s1. The van der Waals surface area contributed by atoms with E-state index in [9.17, 15) is 57.8 Å². The van der Waals surface area contributed by atoms with Crippen LogP contribution in [-0.2, 0) is 65.6 Å². The average Bonchev–Trinajstić information content (AvgIpc) is 1.59. The zero-order chi connectivity index (χ0) is 65.8. The minimum absolute atomic E-state index is 0.000269. The van der Waals surface area contributed by atoms with Crippen LogP contribution in [0.3, 0.4) is 0 Å². The summed E-state index contributed by atoms with van der Waals surface area (Å²) in [5.41, 5.74) is 18.6. The number of nitrogens with one attached hydrogen (secondary N) is 9. The predicted octanol–water partition coefficient (Wildman–Crippen LogP) is -1.78. The number of quaternary nitrogens is 1. The number of aromatic amines is 1. The van der Waals surface area contributed by atoms with Crippen molar-refractivity contribution in [2.75, 3.05) is 32.8 Å². The summed E-state index contributed by atoms with van der Waals surface area (Å²) in [6, 6.07) is 0.679. The molecule has 1 aromatic heterocycles. The van der Waals surface area contributed by atoms with Gasteiger partial charge in [0.2, 0.25) is 53.2 Å². The van der Waals surface area contributed by atoms with Gasteiger partial charge in [0.1, 0.15) is 54.4 Å². The van der Waals surface area contributed by atoms with Gasteiger partial charge in [0.05, 0.1) is 38.2 Å². The fourth-order valence-corrected chi connectivity index (χ4v) is 11.4. The van der Waals surface area contributed by atoms with Gasteiger partial charge < -0.3 is 74.6 Å². The van der Waals surface area contributed by atoms with E-state index in [1.54, 1.807) is 46.9 Å². The number of para-hydroxylation sites is 1. The number of aliphatic hydroxyl groups excluding tert-OH is 1. The monoisotopic (exact) mass is 1250 g/mol. The molecule has 4 heterocycles. The fourth-order valence-electron chi connectivity index (χ4n) is 11.4. The molecule has 9 amide bonds. The van der Waals surface area contributed by atoms with Crippen molar-refractivity contribution in [2.45, 2.75) is 166 Å². The number of aliphatic hydroxyl groups is 1. The molecular formula is C61H87N16O13+. The summed E-state index contributed by atoms with van der Waals surface area (Å²) < 4.78 is 4.56. The van der Waals surface area contributed by atoms with Crippen LogP contribution in [0.15, 0.2) is 69.7 Å². The Morgan fingerprint density at radius 3 is 1.88 bits per heavy atom. The number of ether oxygens (including phenoxy) is 1. The summed E-state index contributed by atoms with van der Waals surface area (Å²) in [7, 11) is 0. The van der Waals surface area contributed by atoms with E-state index in [0.29, 0.717) is 24.1 Å². The van der Waals surface area contributed by atoms with Gasteiger partial charge in [-0.1, -0.05) is 58.0 Å². The Kier molecular flexibility index (Phi) is 25.7. The van der Waals surface area contributed by atoms with Gasteiger partial charge in [-0.25, -0.2) is 14.3 Å². The number of H-pyrrole nitrogens is 1. The lowest BCUT2D eigenvalue weighted by Crippen LogP contribution is -2.67.